The van der Waals surface area contributed by atoms with Gasteiger partial charge in [-0.05, 0) is 19.4 Å². The lowest BCUT2D eigenvalue weighted by atomic mass is 10.0. The molecule has 1 aromatic rings. The molecule has 1 unspecified atom stereocenters. The maximum atomic E-state index is 12.0. The third-order valence-corrected chi connectivity index (χ3v) is 3.28. The Bertz CT molecular complexity index is 406. The molecule has 0 radical (unpaired) electrons. The van der Waals surface area contributed by atoms with E-state index >= 15 is 0 Å². The third kappa shape index (κ3) is 2.40. The van der Waals surface area contributed by atoms with Crippen molar-refractivity contribution in [1.29, 1.82) is 0 Å². The third-order valence-electron chi connectivity index (χ3n) is 3.28. The summed E-state index contributed by atoms with van der Waals surface area (Å²) in [7, 11) is 0. The highest BCUT2D eigenvalue weighted by Gasteiger charge is 2.39. The van der Waals surface area contributed by atoms with E-state index in [2.05, 4.69) is 31.0 Å². The zero-order chi connectivity index (χ0) is 13.1. The number of carbonyl (C=O) groups excluding carboxylic acids is 1. The predicted octanol–water partition coefficient (Wildman–Crippen LogP) is 1.58. The van der Waals surface area contributed by atoms with Crippen molar-refractivity contribution in [3.63, 3.8) is 0 Å². The van der Waals surface area contributed by atoms with Crippen molar-refractivity contribution >= 4 is 5.91 Å². The molecule has 2 rings (SSSR count). The lowest BCUT2D eigenvalue weighted by Gasteiger charge is -2.35. The van der Waals surface area contributed by atoms with Crippen LogP contribution >= 0.6 is 0 Å². The van der Waals surface area contributed by atoms with Crippen molar-refractivity contribution in [3.05, 3.63) is 35.9 Å². The van der Waals surface area contributed by atoms with E-state index < -0.39 is 0 Å². The fraction of sp³-hybridized carbons (Fsp3) is 0.500. The average molecular weight is 248 g/mol. The number of amides is 1. The van der Waals surface area contributed by atoms with Crippen molar-refractivity contribution < 1.29 is 9.90 Å². The van der Waals surface area contributed by atoms with Gasteiger partial charge < -0.3 is 5.11 Å². The number of rotatable bonds is 4. The van der Waals surface area contributed by atoms with Crippen LogP contribution in [0.25, 0.3) is 0 Å². The van der Waals surface area contributed by atoms with Crippen molar-refractivity contribution in [1.82, 2.24) is 10.0 Å². The second-order valence-corrected chi connectivity index (χ2v) is 4.84. The SMILES string of the molecule is CC(C)N1C(c2ccccc2)CC(=O)N1CCO. The van der Waals surface area contributed by atoms with Crippen molar-refractivity contribution in [3.8, 4) is 0 Å². The fourth-order valence-corrected chi connectivity index (χ4v) is 2.58. The van der Waals surface area contributed by atoms with E-state index in [1.165, 1.54) is 0 Å². The van der Waals surface area contributed by atoms with Gasteiger partial charge in [0.1, 0.15) is 0 Å². The molecule has 1 N–H and O–H groups in total. The van der Waals surface area contributed by atoms with Crippen LogP contribution in [0.3, 0.4) is 0 Å². The molecule has 0 aliphatic carbocycles. The van der Waals surface area contributed by atoms with Gasteiger partial charge in [-0.1, -0.05) is 30.3 Å². The van der Waals surface area contributed by atoms with Crippen molar-refractivity contribution in [2.45, 2.75) is 32.4 Å². The predicted molar refractivity (Wildman–Crippen MR) is 69.6 cm³/mol. The first-order valence-electron chi connectivity index (χ1n) is 6.39. The molecule has 98 valence electrons. The molecular formula is C14H20N2O2. The van der Waals surface area contributed by atoms with E-state index in [4.69, 9.17) is 5.11 Å². The summed E-state index contributed by atoms with van der Waals surface area (Å²) in [6.07, 6.45) is 0.488. The van der Waals surface area contributed by atoms with Crippen LogP contribution in [0, 0.1) is 0 Å². The molecule has 1 amide bonds. The van der Waals surface area contributed by atoms with Crippen LogP contribution in [0.1, 0.15) is 31.9 Å². The Balaban J connectivity index is 2.28. The van der Waals surface area contributed by atoms with Gasteiger partial charge in [-0.3, -0.25) is 9.80 Å². The second-order valence-electron chi connectivity index (χ2n) is 4.84. The number of hydrogen-bond acceptors (Lipinski definition) is 3. The Morgan fingerprint density at radius 1 is 1.33 bits per heavy atom. The molecule has 1 fully saturated rings. The van der Waals surface area contributed by atoms with Crippen molar-refractivity contribution in [2.75, 3.05) is 13.2 Å². The summed E-state index contributed by atoms with van der Waals surface area (Å²) in [5.74, 6) is 0.0894. The first-order valence-corrected chi connectivity index (χ1v) is 6.39. The molecule has 1 aromatic carbocycles. The van der Waals surface area contributed by atoms with E-state index in [9.17, 15) is 4.79 Å². The van der Waals surface area contributed by atoms with E-state index in [0.29, 0.717) is 13.0 Å². The zero-order valence-corrected chi connectivity index (χ0v) is 10.9. The molecule has 0 aromatic heterocycles. The maximum absolute atomic E-state index is 12.0. The molecule has 1 aliphatic heterocycles. The normalized spacial score (nSPS) is 21.0. The van der Waals surface area contributed by atoms with Crippen LogP contribution in [0.2, 0.25) is 0 Å². The van der Waals surface area contributed by atoms with Gasteiger partial charge in [0.2, 0.25) is 5.91 Å². The largest absolute Gasteiger partial charge is 0.394 e. The molecule has 1 aliphatic rings. The second kappa shape index (κ2) is 5.50. The van der Waals surface area contributed by atoms with E-state index in [-0.39, 0.29) is 24.6 Å². The molecule has 0 spiro atoms. The quantitative estimate of drug-likeness (QED) is 0.879. The highest BCUT2D eigenvalue weighted by atomic mass is 16.3. The lowest BCUT2D eigenvalue weighted by molar-refractivity contribution is -0.142. The number of hydrazine groups is 1. The standard InChI is InChI=1S/C14H20N2O2/c1-11(2)16-13(12-6-4-3-5-7-12)10-14(18)15(16)8-9-17/h3-7,11,13,17H,8-10H2,1-2H3. The van der Waals surface area contributed by atoms with Crippen LogP contribution in [-0.2, 0) is 4.79 Å². The number of β-amino-alcohol motifs (C(OH)–C–C–N with tert-alkyl or cyclic N) is 1. The Kier molecular flexibility index (Phi) is 3.99. The zero-order valence-electron chi connectivity index (χ0n) is 10.9. The highest BCUT2D eigenvalue weighted by Crippen LogP contribution is 2.34. The summed E-state index contributed by atoms with van der Waals surface area (Å²) in [5.41, 5.74) is 1.15. The van der Waals surface area contributed by atoms with Gasteiger partial charge in [-0.25, -0.2) is 5.01 Å². The number of nitrogens with zero attached hydrogens (tertiary/aromatic N) is 2. The van der Waals surface area contributed by atoms with Gasteiger partial charge in [-0.15, -0.1) is 0 Å². The maximum Gasteiger partial charge on any atom is 0.238 e. The van der Waals surface area contributed by atoms with Crippen LogP contribution in [0.4, 0.5) is 0 Å². The molecule has 18 heavy (non-hydrogen) atoms. The molecule has 4 heteroatoms. The van der Waals surface area contributed by atoms with Gasteiger partial charge in [0, 0.05) is 12.5 Å². The molecular weight excluding hydrogens is 228 g/mol. The summed E-state index contributed by atoms with van der Waals surface area (Å²) in [5, 5.41) is 12.8. The first kappa shape index (κ1) is 13.1. The molecule has 1 heterocycles. The minimum Gasteiger partial charge on any atom is -0.394 e. The first-order chi connectivity index (χ1) is 8.65. The summed E-state index contributed by atoms with van der Waals surface area (Å²) in [4.78, 5) is 12.0. The minimum absolute atomic E-state index is 0.00350. The Morgan fingerprint density at radius 3 is 2.56 bits per heavy atom. The van der Waals surface area contributed by atoms with Crippen LogP contribution in [0.5, 0.6) is 0 Å². The van der Waals surface area contributed by atoms with E-state index in [1.807, 2.05) is 18.2 Å². The number of aliphatic hydroxyl groups excluding tert-OH is 1. The number of benzene rings is 1. The Labute approximate surface area is 108 Å². The monoisotopic (exact) mass is 248 g/mol. The van der Waals surface area contributed by atoms with Gasteiger partial charge in [0.15, 0.2) is 0 Å². The number of hydrogen-bond donors (Lipinski definition) is 1. The molecule has 4 nitrogen and oxygen atoms in total. The lowest BCUT2D eigenvalue weighted by Crippen LogP contribution is -2.45. The molecule has 1 saturated heterocycles. The Morgan fingerprint density at radius 2 is 2.00 bits per heavy atom. The summed E-state index contributed by atoms with van der Waals surface area (Å²) < 4.78 is 0. The number of aliphatic hydroxyl groups is 1. The van der Waals surface area contributed by atoms with Gasteiger partial charge >= 0.3 is 0 Å². The molecule has 1 atom stereocenters. The summed E-state index contributed by atoms with van der Waals surface area (Å²) in [6.45, 7) is 4.51. The smallest absolute Gasteiger partial charge is 0.238 e. The van der Waals surface area contributed by atoms with E-state index in [1.54, 1.807) is 5.01 Å². The van der Waals surface area contributed by atoms with Crippen molar-refractivity contribution in [2.24, 2.45) is 0 Å². The van der Waals surface area contributed by atoms with Gasteiger partial charge in [0.25, 0.3) is 0 Å². The fourth-order valence-electron chi connectivity index (χ4n) is 2.58. The number of carbonyl (C=O) groups is 1. The van der Waals surface area contributed by atoms with Crippen LogP contribution in [-0.4, -0.2) is 40.2 Å². The minimum atomic E-state index is -0.00350. The summed E-state index contributed by atoms with van der Waals surface area (Å²) >= 11 is 0. The Hall–Kier alpha value is -1.39. The topological polar surface area (TPSA) is 43.8 Å². The van der Waals surface area contributed by atoms with Crippen LogP contribution < -0.4 is 0 Å². The highest BCUT2D eigenvalue weighted by molar-refractivity contribution is 5.78. The van der Waals surface area contributed by atoms with E-state index in [0.717, 1.165) is 5.56 Å². The average Bonchev–Trinajstić information content (AvgIpc) is 2.69. The van der Waals surface area contributed by atoms with Gasteiger partial charge in [-0.2, -0.15) is 0 Å². The van der Waals surface area contributed by atoms with Gasteiger partial charge in [0.05, 0.1) is 19.2 Å². The van der Waals surface area contributed by atoms with Crippen LogP contribution in [0.15, 0.2) is 30.3 Å². The molecule has 0 saturated carbocycles. The summed E-state index contributed by atoms with van der Waals surface area (Å²) in [6, 6.07) is 10.4. The molecule has 0 bridgehead atoms.